The van der Waals surface area contributed by atoms with E-state index < -0.39 is 16.8 Å². The van der Waals surface area contributed by atoms with E-state index in [1.54, 1.807) is 6.92 Å². The molecule has 21 heavy (non-hydrogen) atoms. The van der Waals surface area contributed by atoms with Gasteiger partial charge in [-0.3, -0.25) is 4.79 Å². The highest BCUT2D eigenvalue weighted by Gasteiger charge is 2.47. The highest BCUT2D eigenvalue weighted by atomic mass is 35.5. The molecule has 0 saturated carbocycles. The zero-order valence-electron chi connectivity index (χ0n) is 12.4. The van der Waals surface area contributed by atoms with Gasteiger partial charge in [0.25, 0.3) is 5.24 Å². The minimum Gasteiger partial charge on any atom is -0.463 e. The van der Waals surface area contributed by atoms with E-state index in [1.165, 1.54) is 0 Å². The number of carbonyl (C=O) groups excluding carboxylic acids is 2. The molecule has 0 amide bonds. The van der Waals surface area contributed by atoms with Crippen molar-refractivity contribution in [2.45, 2.75) is 45.3 Å². The van der Waals surface area contributed by atoms with Crippen molar-refractivity contribution in [3.05, 3.63) is 35.9 Å². The van der Waals surface area contributed by atoms with Gasteiger partial charge in [-0.2, -0.15) is 0 Å². The molecule has 116 valence electrons. The third kappa shape index (κ3) is 4.83. The summed E-state index contributed by atoms with van der Waals surface area (Å²) in [4.78, 5) is 24.0. The molecule has 0 heterocycles. The van der Waals surface area contributed by atoms with Gasteiger partial charge in [0.2, 0.25) is 5.60 Å². The molecular weight excluding hydrogens is 292 g/mol. The molecule has 1 atom stereocenters. The predicted octanol–water partition coefficient (Wildman–Crippen LogP) is 3.46. The standard InChI is InChI=1S/C16H21ClO4/c1-3-5-11-16(14(17)18,15(19)20-4-2)21-12-13-9-7-6-8-10-13/h6-10H,3-5,11-12H2,1-2H3. The van der Waals surface area contributed by atoms with Crippen molar-refractivity contribution in [3.63, 3.8) is 0 Å². The van der Waals surface area contributed by atoms with Crippen molar-refractivity contribution < 1.29 is 19.1 Å². The summed E-state index contributed by atoms with van der Waals surface area (Å²) in [5, 5.41) is -0.828. The smallest absolute Gasteiger partial charge is 0.347 e. The van der Waals surface area contributed by atoms with Crippen molar-refractivity contribution in [1.29, 1.82) is 0 Å². The maximum atomic E-state index is 12.2. The fourth-order valence-electron chi connectivity index (χ4n) is 1.92. The second-order valence-electron chi connectivity index (χ2n) is 4.70. The Kier molecular flexibility index (Phi) is 7.40. The van der Waals surface area contributed by atoms with E-state index in [9.17, 15) is 9.59 Å². The number of ether oxygens (including phenoxy) is 2. The molecule has 0 aliphatic heterocycles. The SMILES string of the molecule is CCCCC(OCc1ccccc1)(C(=O)Cl)C(=O)OCC. The fourth-order valence-corrected chi connectivity index (χ4v) is 2.15. The summed E-state index contributed by atoms with van der Waals surface area (Å²) >= 11 is 5.67. The summed E-state index contributed by atoms with van der Waals surface area (Å²) in [5.41, 5.74) is -0.857. The second-order valence-corrected chi connectivity index (χ2v) is 5.04. The first-order chi connectivity index (χ1) is 10.1. The lowest BCUT2D eigenvalue weighted by Crippen LogP contribution is -2.48. The van der Waals surface area contributed by atoms with Gasteiger partial charge in [-0.05, 0) is 36.9 Å². The monoisotopic (exact) mass is 312 g/mol. The molecule has 5 heteroatoms. The lowest BCUT2D eigenvalue weighted by Gasteiger charge is -2.27. The minimum atomic E-state index is -1.72. The zero-order valence-corrected chi connectivity index (χ0v) is 13.2. The predicted molar refractivity (Wildman–Crippen MR) is 81.0 cm³/mol. The van der Waals surface area contributed by atoms with Crippen LogP contribution in [0.25, 0.3) is 0 Å². The Morgan fingerprint density at radius 2 is 1.86 bits per heavy atom. The maximum Gasteiger partial charge on any atom is 0.347 e. The molecule has 0 spiro atoms. The van der Waals surface area contributed by atoms with Crippen molar-refractivity contribution in [2.75, 3.05) is 6.61 Å². The Balaban J connectivity index is 2.92. The molecule has 0 bridgehead atoms. The van der Waals surface area contributed by atoms with Gasteiger partial charge in [0.1, 0.15) is 0 Å². The molecule has 1 aromatic carbocycles. The first-order valence-electron chi connectivity index (χ1n) is 7.11. The molecule has 0 aromatic heterocycles. The Morgan fingerprint density at radius 1 is 1.19 bits per heavy atom. The van der Waals surface area contributed by atoms with Crippen LogP contribution in [0.3, 0.4) is 0 Å². The molecule has 0 radical (unpaired) electrons. The number of hydrogen-bond donors (Lipinski definition) is 0. The van der Waals surface area contributed by atoms with Crippen LogP contribution in [0.2, 0.25) is 0 Å². The van der Waals surface area contributed by atoms with Gasteiger partial charge in [-0.1, -0.05) is 43.7 Å². The zero-order chi connectivity index (χ0) is 15.7. The van der Waals surface area contributed by atoms with Gasteiger partial charge in [0.05, 0.1) is 13.2 Å². The van der Waals surface area contributed by atoms with E-state index >= 15 is 0 Å². The van der Waals surface area contributed by atoms with Crippen molar-refractivity contribution in [2.24, 2.45) is 0 Å². The van der Waals surface area contributed by atoms with E-state index in [-0.39, 0.29) is 19.6 Å². The second kappa shape index (κ2) is 8.80. The molecule has 0 N–H and O–H groups in total. The number of hydrogen-bond acceptors (Lipinski definition) is 4. The molecule has 1 rings (SSSR count). The van der Waals surface area contributed by atoms with Gasteiger partial charge in [0.15, 0.2) is 0 Å². The molecule has 0 saturated heterocycles. The maximum absolute atomic E-state index is 12.2. The van der Waals surface area contributed by atoms with E-state index in [0.717, 1.165) is 12.0 Å². The van der Waals surface area contributed by atoms with Gasteiger partial charge < -0.3 is 9.47 Å². The topological polar surface area (TPSA) is 52.6 Å². The quantitative estimate of drug-likeness (QED) is 0.398. The molecule has 4 nitrogen and oxygen atoms in total. The highest BCUT2D eigenvalue weighted by molar-refractivity contribution is 6.67. The average Bonchev–Trinajstić information content (AvgIpc) is 2.48. The van der Waals surface area contributed by atoms with Crippen molar-refractivity contribution in [3.8, 4) is 0 Å². The van der Waals surface area contributed by atoms with Crippen LogP contribution in [0.5, 0.6) is 0 Å². The summed E-state index contributed by atoms with van der Waals surface area (Å²) in [5.74, 6) is -0.714. The fraction of sp³-hybridized carbons (Fsp3) is 0.500. The van der Waals surface area contributed by atoms with Crippen LogP contribution in [0, 0.1) is 0 Å². The normalized spacial score (nSPS) is 13.5. The highest BCUT2D eigenvalue weighted by Crippen LogP contribution is 2.26. The summed E-state index contributed by atoms with van der Waals surface area (Å²) in [6, 6.07) is 9.31. The molecular formula is C16H21ClO4. The number of esters is 1. The molecule has 0 aliphatic carbocycles. The van der Waals surface area contributed by atoms with E-state index in [2.05, 4.69) is 0 Å². The largest absolute Gasteiger partial charge is 0.463 e. The van der Waals surface area contributed by atoms with E-state index in [1.807, 2.05) is 37.3 Å². The summed E-state index contributed by atoms with van der Waals surface area (Å²) in [6.45, 7) is 3.94. The average molecular weight is 313 g/mol. The number of carbonyl (C=O) groups is 2. The summed E-state index contributed by atoms with van der Waals surface area (Å²) in [6.07, 6.45) is 1.68. The third-order valence-corrected chi connectivity index (χ3v) is 3.44. The number of unbranched alkanes of at least 4 members (excludes halogenated alkanes) is 1. The Labute approximate surface area is 130 Å². The van der Waals surface area contributed by atoms with Gasteiger partial charge in [-0.15, -0.1) is 0 Å². The lowest BCUT2D eigenvalue weighted by atomic mass is 9.97. The van der Waals surface area contributed by atoms with Crippen LogP contribution < -0.4 is 0 Å². The molecule has 1 aromatic rings. The van der Waals surface area contributed by atoms with Crippen molar-refractivity contribution >= 4 is 22.8 Å². The number of rotatable bonds is 9. The Morgan fingerprint density at radius 3 is 2.38 bits per heavy atom. The molecule has 1 unspecified atom stereocenters. The molecule has 0 aliphatic rings. The Hall–Kier alpha value is -1.39. The van der Waals surface area contributed by atoms with E-state index in [0.29, 0.717) is 6.42 Å². The van der Waals surface area contributed by atoms with Crippen LogP contribution >= 0.6 is 11.6 Å². The van der Waals surface area contributed by atoms with Crippen LogP contribution in [-0.4, -0.2) is 23.4 Å². The van der Waals surface area contributed by atoms with Crippen LogP contribution in [0.4, 0.5) is 0 Å². The first kappa shape index (κ1) is 17.7. The van der Waals surface area contributed by atoms with Gasteiger partial charge in [-0.25, -0.2) is 4.79 Å². The van der Waals surface area contributed by atoms with Crippen LogP contribution in [-0.2, 0) is 25.7 Å². The first-order valence-corrected chi connectivity index (χ1v) is 7.49. The minimum absolute atomic E-state index is 0.127. The number of halogens is 1. The van der Waals surface area contributed by atoms with Gasteiger partial charge >= 0.3 is 5.97 Å². The third-order valence-electron chi connectivity index (χ3n) is 3.13. The summed E-state index contributed by atoms with van der Waals surface area (Å²) in [7, 11) is 0. The summed E-state index contributed by atoms with van der Waals surface area (Å²) < 4.78 is 10.6. The van der Waals surface area contributed by atoms with Crippen LogP contribution in [0.1, 0.15) is 38.7 Å². The molecule has 0 fully saturated rings. The van der Waals surface area contributed by atoms with E-state index in [4.69, 9.17) is 21.1 Å². The Bertz CT molecular complexity index is 461. The lowest BCUT2D eigenvalue weighted by molar-refractivity contribution is -0.177. The van der Waals surface area contributed by atoms with Crippen LogP contribution in [0.15, 0.2) is 30.3 Å². The van der Waals surface area contributed by atoms with Crippen molar-refractivity contribution in [1.82, 2.24) is 0 Å². The number of benzene rings is 1. The van der Waals surface area contributed by atoms with Gasteiger partial charge in [0, 0.05) is 0 Å².